The van der Waals surface area contributed by atoms with Crippen molar-refractivity contribution in [1.82, 2.24) is 4.31 Å². The number of ether oxygens (including phenoxy) is 2. The van der Waals surface area contributed by atoms with Crippen molar-refractivity contribution >= 4 is 39.2 Å². The van der Waals surface area contributed by atoms with Gasteiger partial charge in [0.1, 0.15) is 10.6 Å². The Bertz CT molecular complexity index is 1100. The number of benzene rings is 2. The Balaban J connectivity index is 1.94. The predicted octanol–water partition coefficient (Wildman–Crippen LogP) is 3.58. The zero-order valence-electron chi connectivity index (χ0n) is 18.6. The van der Waals surface area contributed by atoms with Gasteiger partial charge in [0.25, 0.3) is 5.91 Å². The van der Waals surface area contributed by atoms with E-state index in [1.165, 1.54) is 32.3 Å². The highest BCUT2D eigenvalue weighted by Crippen LogP contribution is 2.28. The van der Waals surface area contributed by atoms with Gasteiger partial charge >= 0.3 is 5.97 Å². The number of rotatable bonds is 9. The lowest BCUT2D eigenvalue weighted by atomic mass is 10.0. The van der Waals surface area contributed by atoms with Crippen LogP contribution in [0.1, 0.15) is 30.9 Å². The fraction of sp³-hybridized carbons (Fsp3) is 0.364. The normalized spacial score (nSPS) is 11.5. The molecule has 0 radical (unpaired) electrons. The Labute approximate surface area is 193 Å². The van der Waals surface area contributed by atoms with Crippen LogP contribution in [0.25, 0.3) is 0 Å². The van der Waals surface area contributed by atoms with Crippen LogP contribution in [0.2, 0.25) is 5.02 Å². The number of hydrogen-bond acceptors (Lipinski definition) is 6. The van der Waals surface area contributed by atoms with Crippen molar-refractivity contribution in [2.24, 2.45) is 0 Å². The number of anilines is 1. The summed E-state index contributed by atoms with van der Waals surface area (Å²) in [5, 5.41) is 2.51. The van der Waals surface area contributed by atoms with Crippen molar-refractivity contribution in [3.8, 4) is 5.75 Å². The standard InChI is InChI=1S/C22H27ClN2O6S/c1-14(2)17-8-6-15(3)10-19(17)30-13-22(27)31-12-21(26)24-16-7-9-18(23)20(11-16)32(28,29)25(4)5/h6-11,14H,12-13H2,1-5H3,(H,24,26). The fourth-order valence-electron chi connectivity index (χ4n) is 2.74. The first-order valence-electron chi connectivity index (χ1n) is 9.82. The summed E-state index contributed by atoms with van der Waals surface area (Å²) in [7, 11) is -1.04. The first-order chi connectivity index (χ1) is 14.9. The Morgan fingerprint density at radius 3 is 2.41 bits per heavy atom. The zero-order chi connectivity index (χ0) is 24.1. The third-order valence-corrected chi connectivity index (χ3v) is 6.77. The Morgan fingerprint density at radius 2 is 1.78 bits per heavy atom. The first kappa shape index (κ1) is 25.6. The number of aryl methyl sites for hydroxylation is 1. The van der Waals surface area contributed by atoms with E-state index in [1.807, 2.05) is 39.0 Å². The van der Waals surface area contributed by atoms with E-state index in [1.54, 1.807) is 0 Å². The summed E-state index contributed by atoms with van der Waals surface area (Å²) in [5.74, 6) is -0.527. The molecule has 0 fully saturated rings. The molecule has 1 N–H and O–H groups in total. The lowest BCUT2D eigenvalue weighted by molar-refractivity contribution is -0.149. The van der Waals surface area contributed by atoms with Crippen molar-refractivity contribution in [2.75, 3.05) is 32.6 Å². The molecule has 2 aromatic rings. The molecule has 1 amide bonds. The van der Waals surface area contributed by atoms with Gasteiger partial charge in [-0.1, -0.05) is 37.6 Å². The maximum Gasteiger partial charge on any atom is 0.344 e. The van der Waals surface area contributed by atoms with Crippen LogP contribution in [0.3, 0.4) is 0 Å². The van der Waals surface area contributed by atoms with Crippen LogP contribution in [0.15, 0.2) is 41.3 Å². The molecule has 0 aliphatic heterocycles. The lowest BCUT2D eigenvalue weighted by Crippen LogP contribution is -2.25. The van der Waals surface area contributed by atoms with E-state index in [9.17, 15) is 18.0 Å². The van der Waals surface area contributed by atoms with Crippen LogP contribution in [-0.2, 0) is 24.3 Å². The predicted molar refractivity (Wildman–Crippen MR) is 123 cm³/mol. The second kappa shape index (κ2) is 10.8. The van der Waals surface area contributed by atoms with E-state index < -0.39 is 28.5 Å². The molecule has 0 saturated carbocycles. The average molecular weight is 483 g/mol. The van der Waals surface area contributed by atoms with Crippen LogP contribution < -0.4 is 10.1 Å². The number of hydrogen-bond donors (Lipinski definition) is 1. The maximum atomic E-state index is 12.3. The Kier molecular flexibility index (Phi) is 8.65. The van der Waals surface area contributed by atoms with E-state index in [2.05, 4.69) is 5.32 Å². The molecule has 0 aliphatic rings. The highest BCUT2D eigenvalue weighted by atomic mass is 35.5. The highest BCUT2D eigenvalue weighted by Gasteiger charge is 2.21. The molecule has 0 saturated heterocycles. The number of nitrogens with zero attached hydrogens (tertiary/aromatic N) is 1. The summed E-state index contributed by atoms with van der Waals surface area (Å²) in [6.07, 6.45) is 0. The van der Waals surface area contributed by atoms with Gasteiger partial charge in [-0.3, -0.25) is 4.79 Å². The number of esters is 1. The number of sulfonamides is 1. The molecular formula is C22H27ClN2O6S. The number of amides is 1. The van der Waals surface area contributed by atoms with E-state index in [0.717, 1.165) is 15.4 Å². The van der Waals surface area contributed by atoms with Crippen LogP contribution in [0.5, 0.6) is 5.75 Å². The highest BCUT2D eigenvalue weighted by molar-refractivity contribution is 7.89. The van der Waals surface area contributed by atoms with Gasteiger partial charge in [0, 0.05) is 19.8 Å². The van der Waals surface area contributed by atoms with E-state index in [-0.39, 0.29) is 28.1 Å². The summed E-state index contributed by atoms with van der Waals surface area (Å²) < 4.78 is 36.2. The van der Waals surface area contributed by atoms with Gasteiger partial charge in [0.2, 0.25) is 10.0 Å². The molecule has 32 heavy (non-hydrogen) atoms. The van der Waals surface area contributed by atoms with E-state index >= 15 is 0 Å². The number of nitrogens with one attached hydrogen (secondary N) is 1. The van der Waals surface area contributed by atoms with Crippen LogP contribution >= 0.6 is 11.6 Å². The minimum absolute atomic E-state index is 0.0252. The summed E-state index contributed by atoms with van der Waals surface area (Å²) in [6, 6.07) is 9.81. The fourth-order valence-corrected chi connectivity index (χ4v) is 4.13. The van der Waals surface area contributed by atoms with Crippen molar-refractivity contribution in [3.63, 3.8) is 0 Å². The van der Waals surface area contributed by atoms with Gasteiger partial charge < -0.3 is 14.8 Å². The van der Waals surface area contributed by atoms with Crippen molar-refractivity contribution in [3.05, 3.63) is 52.5 Å². The summed E-state index contributed by atoms with van der Waals surface area (Å²) in [5.41, 5.74) is 2.16. The molecular weight excluding hydrogens is 456 g/mol. The van der Waals surface area contributed by atoms with Crippen molar-refractivity contribution in [1.29, 1.82) is 0 Å². The Morgan fingerprint density at radius 1 is 1.09 bits per heavy atom. The monoisotopic (exact) mass is 482 g/mol. The first-order valence-corrected chi connectivity index (χ1v) is 11.6. The number of carbonyl (C=O) groups excluding carboxylic acids is 2. The Hall–Kier alpha value is -2.62. The van der Waals surface area contributed by atoms with Crippen LogP contribution in [0.4, 0.5) is 5.69 Å². The quantitative estimate of drug-likeness (QED) is 0.548. The van der Waals surface area contributed by atoms with Gasteiger partial charge in [-0.2, -0.15) is 0 Å². The van der Waals surface area contributed by atoms with Crippen LogP contribution in [0, 0.1) is 6.92 Å². The molecule has 0 atom stereocenters. The molecule has 0 bridgehead atoms. The maximum absolute atomic E-state index is 12.3. The van der Waals surface area contributed by atoms with Gasteiger partial charge in [-0.05, 0) is 48.2 Å². The van der Waals surface area contributed by atoms with Crippen molar-refractivity contribution in [2.45, 2.75) is 31.6 Å². The van der Waals surface area contributed by atoms with Crippen molar-refractivity contribution < 1.29 is 27.5 Å². The van der Waals surface area contributed by atoms with E-state index in [4.69, 9.17) is 21.1 Å². The lowest BCUT2D eigenvalue weighted by Gasteiger charge is -2.15. The van der Waals surface area contributed by atoms with Gasteiger partial charge in [0.15, 0.2) is 13.2 Å². The molecule has 0 aromatic heterocycles. The van der Waals surface area contributed by atoms with Gasteiger partial charge in [0.05, 0.1) is 5.02 Å². The minimum Gasteiger partial charge on any atom is -0.482 e. The molecule has 10 heteroatoms. The summed E-state index contributed by atoms with van der Waals surface area (Å²) >= 11 is 5.99. The van der Waals surface area contributed by atoms with Gasteiger partial charge in [-0.15, -0.1) is 0 Å². The molecule has 0 spiro atoms. The topological polar surface area (TPSA) is 102 Å². The summed E-state index contributed by atoms with van der Waals surface area (Å²) in [6.45, 7) is 5.07. The zero-order valence-corrected chi connectivity index (χ0v) is 20.2. The number of halogens is 1. The molecule has 2 aromatic carbocycles. The molecule has 2 rings (SSSR count). The van der Waals surface area contributed by atoms with E-state index in [0.29, 0.717) is 5.75 Å². The average Bonchev–Trinajstić information content (AvgIpc) is 2.71. The van der Waals surface area contributed by atoms with Gasteiger partial charge in [-0.25, -0.2) is 17.5 Å². The third kappa shape index (κ3) is 6.69. The summed E-state index contributed by atoms with van der Waals surface area (Å²) in [4.78, 5) is 24.0. The second-order valence-corrected chi connectivity index (χ2v) is 10.2. The SMILES string of the molecule is Cc1ccc(C(C)C)c(OCC(=O)OCC(=O)Nc2ccc(Cl)c(S(=O)(=O)N(C)C)c2)c1. The molecule has 0 unspecified atom stereocenters. The third-order valence-electron chi connectivity index (χ3n) is 4.47. The van der Waals surface area contributed by atoms with Crippen LogP contribution in [-0.4, -0.2) is 51.9 Å². The molecule has 0 heterocycles. The smallest absolute Gasteiger partial charge is 0.344 e. The molecule has 0 aliphatic carbocycles. The molecule has 8 nitrogen and oxygen atoms in total. The molecule has 174 valence electrons. The second-order valence-electron chi connectivity index (χ2n) is 7.63. The minimum atomic E-state index is -3.79. The largest absolute Gasteiger partial charge is 0.482 e. The number of carbonyl (C=O) groups is 2.